The molecule has 1 fully saturated rings. The molecule has 1 aromatic rings. The van der Waals surface area contributed by atoms with Crippen molar-refractivity contribution in [2.75, 3.05) is 6.54 Å². The lowest BCUT2D eigenvalue weighted by atomic mass is 9.97. The van der Waals surface area contributed by atoms with E-state index in [9.17, 15) is 13.6 Å². The molecule has 1 aliphatic carbocycles. The highest BCUT2D eigenvalue weighted by Crippen LogP contribution is 2.28. The van der Waals surface area contributed by atoms with E-state index in [1.807, 2.05) is 0 Å². The molecule has 0 aliphatic heterocycles. The number of benzene rings is 1. The van der Waals surface area contributed by atoms with Crippen molar-refractivity contribution >= 4 is 5.91 Å². The highest BCUT2D eigenvalue weighted by atomic mass is 19.2. The molecular formula is C14H18F2N2O. The highest BCUT2D eigenvalue weighted by molar-refractivity contribution is 5.79. The Labute approximate surface area is 111 Å². The van der Waals surface area contributed by atoms with Gasteiger partial charge in [-0.15, -0.1) is 0 Å². The van der Waals surface area contributed by atoms with E-state index in [0.29, 0.717) is 6.54 Å². The van der Waals surface area contributed by atoms with Crippen molar-refractivity contribution < 1.29 is 13.6 Å². The van der Waals surface area contributed by atoms with Gasteiger partial charge in [-0.25, -0.2) is 8.78 Å². The van der Waals surface area contributed by atoms with Gasteiger partial charge in [-0.3, -0.25) is 4.79 Å². The van der Waals surface area contributed by atoms with Crippen LogP contribution in [0.1, 0.15) is 31.2 Å². The lowest BCUT2D eigenvalue weighted by Gasteiger charge is -2.28. The van der Waals surface area contributed by atoms with Crippen LogP contribution < -0.4 is 11.1 Å². The first kappa shape index (κ1) is 13.9. The Morgan fingerprint density at radius 2 is 2.00 bits per heavy atom. The zero-order valence-electron chi connectivity index (χ0n) is 10.7. The molecule has 3 nitrogen and oxygen atoms in total. The number of carbonyl (C=O) groups excluding carboxylic acids is 1. The number of hydrogen-bond donors (Lipinski definition) is 2. The number of halogens is 2. The molecule has 1 aliphatic rings. The quantitative estimate of drug-likeness (QED) is 0.876. The molecule has 3 N–H and O–H groups in total. The van der Waals surface area contributed by atoms with Gasteiger partial charge in [-0.05, 0) is 18.9 Å². The second-order valence-corrected chi connectivity index (χ2v) is 5.13. The summed E-state index contributed by atoms with van der Waals surface area (Å²) in [6, 6.07) is 3.85. The van der Waals surface area contributed by atoms with E-state index in [4.69, 9.17) is 5.73 Å². The van der Waals surface area contributed by atoms with E-state index in [2.05, 4.69) is 5.32 Å². The average molecular weight is 268 g/mol. The van der Waals surface area contributed by atoms with Crippen LogP contribution >= 0.6 is 0 Å². The zero-order valence-corrected chi connectivity index (χ0v) is 10.7. The monoisotopic (exact) mass is 268 g/mol. The van der Waals surface area contributed by atoms with Crippen molar-refractivity contribution in [3.05, 3.63) is 35.4 Å². The molecule has 0 heterocycles. The summed E-state index contributed by atoms with van der Waals surface area (Å²) in [7, 11) is 0. The Morgan fingerprint density at radius 1 is 1.32 bits per heavy atom. The van der Waals surface area contributed by atoms with Crippen LogP contribution in [-0.4, -0.2) is 18.0 Å². The van der Waals surface area contributed by atoms with Crippen molar-refractivity contribution in [1.82, 2.24) is 5.32 Å². The fourth-order valence-electron chi connectivity index (χ4n) is 2.63. The molecule has 0 aromatic heterocycles. The van der Waals surface area contributed by atoms with Crippen LogP contribution in [0.3, 0.4) is 0 Å². The molecular weight excluding hydrogens is 250 g/mol. The topological polar surface area (TPSA) is 55.1 Å². The zero-order chi connectivity index (χ0) is 13.9. The summed E-state index contributed by atoms with van der Waals surface area (Å²) in [6.07, 6.45) is 3.60. The molecule has 5 heteroatoms. The molecule has 0 bridgehead atoms. The third-order valence-electron chi connectivity index (χ3n) is 3.74. The summed E-state index contributed by atoms with van der Waals surface area (Å²) < 4.78 is 26.5. The molecule has 19 heavy (non-hydrogen) atoms. The minimum atomic E-state index is -0.953. The van der Waals surface area contributed by atoms with Gasteiger partial charge in [0.15, 0.2) is 11.6 Å². The van der Waals surface area contributed by atoms with Gasteiger partial charge in [0.05, 0.1) is 12.0 Å². The standard InChI is InChI=1S/C14H18F2N2O/c15-11-5-3-4-10(13(11)16)8-12(19)18-14(9-17)6-1-2-7-14/h3-5H,1-2,6-9,17H2,(H,18,19). The molecule has 1 saturated carbocycles. The lowest BCUT2D eigenvalue weighted by molar-refractivity contribution is -0.122. The number of nitrogens with two attached hydrogens (primary N) is 1. The Morgan fingerprint density at radius 3 is 2.63 bits per heavy atom. The van der Waals surface area contributed by atoms with Gasteiger partial charge in [0.25, 0.3) is 0 Å². The Hall–Kier alpha value is -1.49. The summed E-state index contributed by atoms with van der Waals surface area (Å²) in [5, 5.41) is 2.88. The Bertz CT molecular complexity index is 471. The van der Waals surface area contributed by atoms with Crippen molar-refractivity contribution in [2.24, 2.45) is 5.73 Å². The van der Waals surface area contributed by atoms with Gasteiger partial charge < -0.3 is 11.1 Å². The predicted octanol–water partition coefficient (Wildman–Crippen LogP) is 1.90. The number of amides is 1. The first-order valence-electron chi connectivity index (χ1n) is 6.50. The van der Waals surface area contributed by atoms with Crippen LogP contribution in [0.4, 0.5) is 8.78 Å². The fourth-order valence-corrected chi connectivity index (χ4v) is 2.63. The lowest BCUT2D eigenvalue weighted by Crippen LogP contribution is -2.52. The average Bonchev–Trinajstić information content (AvgIpc) is 2.84. The predicted molar refractivity (Wildman–Crippen MR) is 68.5 cm³/mol. The van der Waals surface area contributed by atoms with E-state index in [1.54, 1.807) is 0 Å². The largest absolute Gasteiger partial charge is 0.349 e. The summed E-state index contributed by atoms with van der Waals surface area (Å²) in [4.78, 5) is 11.9. The molecule has 0 spiro atoms. The molecule has 0 radical (unpaired) electrons. The van der Waals surface area contributed by atoms with Crippen molar-refractivity contribution in [3.8, 4) is 0 Å². The Kier molecular flexibility index (Phi) is 4.14. The maximum Gasteiger partial charge on any atom is 0.225 e. The highest BCUT2D eigenvalue weighted by Gasteiger charge is 2.33. The third kappa shape index (κ3) is 3.10. The van der Waals surface area contributed by atoms with E-state index < -0.39 is 11.6 Å². The van der Waals surface area contributed by atoms with Gasteiger partial charge in [0.1, 0.15) is 0 Å². The second kappa shape index (κ2) is 5.65. The second-order valence-electron chi connectivity index (χ2n) is 5.13. The van der Waals surface area contributed by atoms with Crippen LogP contribution in [-0.2, 0) is 11.2 Å². The van der Waals surface area contributed by atoms with Crippen molar-refractivity contribution in [3.63, 3.8) is 0 Å². The number of nitrogens with one attached hydrogen (secondary N) is 1. The van der Waals surface area contributed by atoms with Crippen LogP contribution in [0.15, 0.2) is 18.2 Å². The van der Waals surface area contributed by atoms with Gasteiger partial charge in [-0.2, -0.15) is 0 Å². The first-order valence-corrected chi connectivity index (χ1v) is 6.50. The third-order valence-corrected chi connectivity index (χ3v) is 3.74. The SMILES string of the molecule is NCC1(NC(=O)Cc2cccc(F)c2F)CCCC1. The summed E-state index contributed by atoms with van der Waals surface area (Å²) in [5.41, 5.74) is 5.43. The summed E-state index contributed by atoms with van der Waals surface area (Å²) in [6.45, 7) is 0.379. The Balaban J connectivity index is 2.03. The molecule has 2 rings (SSSR count). The first-order chi connectivity index (χ1) is 9.06. The van der Waals surface area contributed by atoms with Gasteiger partial charge in [0, 0.05) is 12.1 Å². The molecule has 1 aromatic carbocycles. The van der Waals surface area contributed by atoms with Gasteiger partial charge in [0.2, 0.25) is 5.91 Å². The molecule has 0 unspecified atom stereocenters. The number of hydrogen-bond acceptors (Lipinski definition) is 2. The van der Waals surface area contributed by atoms with Gasteiger partial charge >= 0.3 is 0 Å². The summed E-state index contributed by atoms with van der Waals surface area (Å²) in [5.74, 6) is -2.19. The smallest absolute Gasteiger partial charge is 0.225 e. The van der Waals surface area contributed by atoms with Crippen LogP contribution in [0.5, 0.6) is 0 Å². The maximum atomic E-state index is 13.5. The normalized spacial score (nSPS) is 17.4. The van der Waals surface area contributed by atoms with Crippen molar-refractivity contribution in [1.29, 1.82) is 0 Å². The molecule has 0 atom stereocenters. The van der Waals surface area contributed by atoms with Crippen LogP contribution in [0.2, 0.25) is 0 Å². The van der Waals surface area contributed by atoms with E-state index >= 15 is 0 Å². The van der Waals surface area contributed by atoms with Gasteiger partial charge in [-0.1, -0.05) is 25.0 Å². The van der Waals surface area contributed by atoms with Crippen LogP contribution in [0, 0.1) is 11.6 Å². The summed E-state index contributed by atoms with van der Waals surface area (Å²) >= 11 is 0. The van der Waals surface area contributed by atoms with Crippen molar-refractivity contribution in [2.45, 2.75) is 37.6 Å². The van der Waals surface area contributed by atoms with E-state index in [1.165, 1.54) is 12.1 Å². The molecule has 1 amide bonds. The maximum absolute atomic E-state index is 13.5. The minimum Gasteiger partial charge on any atom is -0.349 e. The van der Waals surface area contributed by atoms with E-state index in [0.717, 1.165) is 31.7 Å². The minimum absolute atomic E-state index is 0.0719. The number of rotatable bonds is 4. The fraction of sp³-hybridized carbons (Fsp3) is 0.500. The van der Waals surface area contributed by atoms with Crippen LogP contribution in [0.25, 0.3) is 0 Å². The molecule has 0 saturated heterocycles. The van der Waals surface area contributed by atoms with E-state index in [-0.39, 0.29) is 23.4 Å². The number of carbonyl (C=O) groups is 1. The molecule has 104 valence electrons.